The molecule has 4 N–H and O–H groups in total. The molecule has 21 heavy (non-hydrogen) atoms. The number of aryl methyl sites for hydroxylation is 1. The molecule has 0 aliphatic rings. The second kappa shape index (κ2) is 7.40. The van der Waals surface area contributed by atoms with Crippen LogP contribution in [0.5, 0.6) is 0 Å². The highest BCUT2D eigenvalue weighted by molar-refractivity contribution is 5.96. The first kappa shape index (κ1) is 15.0. The van der Waals surface area contributed by atoms with Gasteiger partial charge in [-0.15, -0.1) is 0 Å². The molecule has 0 saturated carbocycles. The lowest BCUT2D eigenvalue weighted by molar-refractivity contribution is 0.318. The highest BCUT2D eigenvalue weighted by Crippen LogP contribution is 2.06. The number of oxime groups is 1. The number of benzene rings is 1. The lowest BCUT2D eigenvalue weighted by Gasteiger charge is -2.09. The largest absolute Gasteiger partial charge is 0.409 e. The van der Waals surface area contributed by atoms with Crippen LogP contribution in [-0.2, 0) is 13.0 Å². The van der Waals surface area contributed by atoms with Gasteiger partial charge in [0.05, 0.1) is 0 Å². The Bertz CT molecular complexity index is 625. The second-order valence-corrected chi connectivity index (χ2v) is 4.91. The van der Waals surface area contributed by atoms with Crippen molar-refractivity contribution in [2.75, 3.05) is 6.54 Å². The van der Waals surface area contributed by atoms with Crippen LogP contribution in [0.1, 0.15) is 22.4 Å². The van der Waals surface area contributed by atoms with Crippen LogP contribution in [0, 0.1) is 6.92 Å². The Morgan fingerprint density at radius 2 is 2.19 bits per heavy atom. The Kier molecular flexibility index (Phi) is 5.29. The van der Waals surface area contributed by atoms with E-state index in [-0.39, 0.29) is 5.84 Å². The summed E-state index contributed by atoms with van der Waals surface area (Å²) >= 11 is 0. The molecule has 0 amide bonds. The SMILES string of the molecule is Cc1cccc(CCNCc2cccnc2C(N)=NO)c1. The van der Waals surface area contributed by atoms with Gasteiger partial charge < -0.3 is 16.3 Å². The lowest BCUT2D eigenvalue weighted by Crippen LogP contribution is -2.22. The van der Waals surface area contributed by atoms with E-state index in [0.29, 0.717) is 12.2 Å². The Labute approximate surface area is 124 Å². The van der Waals surface area contributed by atoms with Gasteiger partial charge >= 0.3 is 0 Å². The maximum Gasteiger partial charge on any atom is 0.189 e. The van der Waals surface area contributed by atoms with E-state index in [1.165, 1.54) is 11.1 Å². The average molecular weight is 284 g/mol. The second-order valence-electron chi connectivity index (χ2n) is 4.91. The van der Waals surface area contributed by atoms with E-state index in [1.807, 2.05) is 12.1 Å². The number of rotatable bonds is 6. The summed E-state index contributed by atoms with van der Waals surface area (Å²) in [5.41, 5.74) is 9.63. The van der Waals surface area contributed by atoms with Gasteiger partial charge in [-0.1, -0.05) is 41.1 Å². The number of amidine groups is 1. The fraction of sp³-hybridized carbons (Fsp3) is 0.250. The minimum absolute atomic E-state index is 0.0334. The number of nitrogens with two attached hydrogens (primary N) is 1. The number of hydrogen-bond donors (Lipinski definition) is 3. The minimum atomic E-state index is 0.0334. The van der Waals surface area contributed by atoms with Crippen LogP contribution in [0.2, 0.25) is 0 Å². The molecule has 0 atom stereocenters. The molecule has 0 fully saturated rings. The van der Waals surface area contributed by atoms with Crippen LogP contribution < -0.4 is 11.1 Å². The first-order valence-electron chi connectivity index (χ1n) is 6.89. The quantitative estimate of drug-likeness (QED) is 0.248. The third-order valence-corrected chi connectivity index (χ3v) is 3.23. The maximum absolute atomic E-state index is 8.76. The van der Waals surface area contributed by atoms with E-state index in [9.17, 15) is 0 Å². The molecular weight excluding hydrogens is 264 g/mol. The first-order valence-corrected chi connectivity index (χ1v) is 6.89. The highest BCUT2D eigenvalue weighted by atomic mass is 16.4. The van der Waals surface area contributed by atoms with Crippen LogP contribution in [0.25, 0.3) is 0 Å². The zero-order valence-electron chi connectivity index (χ0n) is 12.1. The van der Waals surface area contributed by atoms with Crippen LogP contribution in [0.4, 0.5) is 0 Å². The van der Waals surface area contributed by atoms with Crippen molar-refractivity contribution in [2.45, 2.75) is 19.9 Å². The molecule has 110 valence electrons. The molecule has 1 aromatic heterocycles. The molecule has 0 saturated heterocycles. The predicted molar refractivity (Wildman–Crippen MR) is 83.3 cm³/mol. The van der Waals surface area contributed by atoms with Crippen LogP contribution in [0.3, 0.4) is 0 Å². The minimum Gasteiger partial charge on any atom is -0.409 e. The number of hydrogen-bond acceptors (Lipinski definition) is 4. The monoisotopic (exact) mass is 284 g/mol. The van der Waals surface area contributed by atoms with Gasteiger partial charge in [0.25, 0.3) is 0 Å². The molecular formula is C16H20N4O. The number of aromatic nitrogens is 1. The summed E-state index contributed by atoms with van der Waals surface area (Å²) in [4.78, 5) is 4.14. The zero-order valence-corrected chi connectivity index (χ0v) is 12.1. The van der Waals surface area contributed by atoms with Gasteiger partial charge in [0.1, 0.15) is 5.69 Å². The molecule has 5 heteroatoms. The van der Waals surface area contributed by atoms with Gasteiger partial charge in [-0.3, -0.25) is 4.98 Å². The van der Waals surface area contributed by atoms with Crippen molar-refractivity contribution in [1.82, 2.24) is 10.3 Å². The standard InChI is InChI=1S/C16H20N4O/c1-12-4-2-5-13(10-12)7-9-18-11-14-6-3-8-19-15(14)16(17)20-21/h2-6,8,10,18,21H,7,9,11H2,1H3,(H2,17,20). The molecule has 0 unspecified atom stereocenters. The van der Waals surface area contributed by atoms with E-state index in [1.54, 1.807) is 6.20 Å². The zero-order chi connectivity index (χ0) is 15.1. The smallest absolute Gasteiger partial charge is 0.189 e. The maximum atomic E-state index is 8.76. The normalized spacial score (nSPS) is 11.6. The van der Waals surface area contributed by atoms with Gasteiger partial charge in [0, 0.05) is 12.7 Å². The van der Waals surface area contributed by atoms with Crippen LogP contribution in [0.15, 0.2) is 47.8 Å². The van der Waals surface area contributed by atoms with Crippen LogP contribution >= 0.6 is 0 Å². The third-order valence-electron chi connectivity index (χ3n) is 3.23. The Hall–Kier alpha value is -2.40. The molecule has 1 heterocycles. The van der Waals surface area contributed by atoms with E-state index < -0.39 is 0 Å². The number of nitrogens with zero attached hydrogens (tertiary/aromatic N) is 2. The van der Waals surface area contributed by atoms with Gasteiger partial charge in [0.15, 0.2) is 5.84 Å². The molecule has 0 spiro atoms. The molecule has 0 aliphatic heterocycles. The summed E-state index contributed by atoms with van der Waals surface area (Å²) in [5, 5.41) is 15.1. The fourth-order valence-corrected chi connectivity index (χ4v) is 2.18. The van der Waals surface area contributed by atoms with Crippen LogP contribution in [-0.4, -0.2) is 22.6 Å². The number of nitrogens with one attached hydrogen (secondary N) is 1. The van der Waals surface area contributed by atoms with Crippen molar-refractivity contribution < 1.29 is 5.21 Å². The van der Waals surface area contributed by atoms with Crippen molar-refractivity contribution in [1.29, 1.82) is 0 Å². The van der Waals surface area contributed by atoms with Gasteiger partial charge in [-0.05, 0) is 37.1 Å². The molecule has 0 radical (unpaired) electrons. The third kappa shape index (κ3) is 4.29. The van der Waals surface area contributed by atoms with E-state index in [4.69, 9.17) is 10.9 Å². The van der Waals surface area contributed by atoms with E-state index >= 15 is 0 Å². The average Bonchev–Trinajstić information content (AvgIpc) is 2.51. The summed E-state index contributed by atoms with van der Waals surface area (Å²) in [6.45, 7) is 3.58. The molecule has 0 bridgehead atoms. The molecule has 5 nitrogen and oxygen atoms in total. The van der Waals surface area contributed by atoms with Crippen molar-refractivity contribution >= 4 is 5.84 Å². The molecule has 2 rings (SSSR count). The topological polar surface area (TPSA) is 83.5 Å². The molecule has 0 aliphatic carbocycles. The fourth-order valence-electron chi connectivity index (χ4n) is 2.18. The van der Waals surface area contributed by atoms with E-state index in [2.05, 4.69) is 46.6 Å². The van der Waals surface area contributed by atoms with Crippen molar-refractivity contribution in [3.05, 3.63) is 65.0 Å². The van der Waals surface area contributed by atoms with Crippen molar-refractivity contribution in [2.24, 2.45) is 10.9 Å². The van der Waals surface area contributed by atoms with Gasteiger partial charge in [-0.2, -0.15) is 0 Å². The highest BCUT2D eigenvalue weighted by Gasteiger charge is 2.07. The lowest BCUT2D eigenvalue weighted by atomic mass is 10.1. The summed E-state index contributed by atoms with van der Waals surface area (Å²) in [5.74, 6) is 0.0334. The summed E-state index contributed by atoms with van der Waals surface area (Å²) in [6, 6.07) is 12.2. The summed E-state index contributed by atoms with van der Waals surface area (Å²) in [6.07, 6.45) is 2.59. The summed E-state index contributed by atoms with van der Waals surface area (Å²) in [7, 11) is 0. The Balaban J connectivity index is 1.89. The summed E-state index contributed by atoms with van der Waals surface area (Å²) < 4.78 is 0. The van der Waals surface area contributed by atoms with Gasteiger partial charge in [0.2, 0.25) is 0 Å². The first-order chi connectivity index (χ1) is 10.2. The van der Waals surface area contributed by atoms with E-state index in [0.717, 1.165) is 18.5 Å². The van der Waals surface area contributed by atoms with Crippen molar-refractivity contribution in [3.63, 3.8) is 0 Å². The predicted octanol–water partition coefficient (Wildman–Crippen LogP) is 1.82. The Morgan fingerprint density at radius 1 is 1.33 bits per heavy atom. The number of pyridine rings is 1. The van der Waals surface area contributed by atoms with Gasteiger partial charge in [-0.25, -0.2) is 0 Å². The molecule has 1 aromatic carbocycles. The van der Waals surface area contributed by atoms with Crippen molar-refractivity contribution in [3.8, 4) is 0 Å². The Morgan fingerprint density at radius 3 is 2.95 bits per heavy atom. The molecule has 2 aromatic rings.